The highest BCUT2D eigenvalue weighted by Crippen LogP contribution is 2.31. The first-order chi connectivity index (χ1) is 23.2. The van der Waals surface area contributed by atoms with Crippen LogP contribution >= 0.6 is 11.3 Å². The number of rotatable bonds is 11. The Morgan fingerprint density at radius 3 is 2.62 bits per heavy atom. The summed E-state index contributed by atoms with van der Waals surface area (Å²) < 4.78 is 12.9. The number of benzene rings is 2. The van der Waals surface area contributed by atoms with Crippen molar-refractivity contribution in [3.8, 4) is 5.75 Å². The van der Waals surface area contributed by atoms with Gasteiger partial charge in [-0.2, -0.15) is 5.17 Å². The van der Waals surface area contributed by atoms with Crippen molar-refractivity contribution in [2.24, 2.45) is 0 Å². The highest BCUT2D eigenvalue weighted by atomic mass is 32.1. The average molecular weight is 661 g/mol. The number of likely N-dealkylation sites (tertiary alicyclic amines) is 2. The summed E-state index contributed by atoms with van der Waals surface area (Å²) in [6, 6.07) is 15.5. The van der Waals surface area contributed by atoms with Gasteiger partial charge in [0.25, 0.3) is 0 Å². The summed E-state index contributed by atoms with van der Waals surface area (Å²) >= 11 is 1.82. The third kappa shape index (κ3) is 8.14. The van der Waals surface area contributed by atoms with E-state index in [9.17, 15) is 4.79 Å². The monoisotopic (exact) mass is 660 g/mol. The van der Waals surface area contributed by atoms with Crippen molar-refractivity contribution in [3.63, 3.8) is 0 Å². The van der Waals surface area contributed by atoms with Crippen LogP contribution in [0.15, 0.2) is 54.0 Å². The number of nitrogens with one attached hydrogen (secondary N) is 1. The first-order valence-corrected chi connectivity index (χ1v) is 18.3. The molecule has 1 aromatic heterocycles. The van der Waals surface area contributed by atoms with E-state index >= 15 is 0 Å². The van der Waals surface area contributed by atoms with Gasteiger partial charge in [-0.15, -0.1) is 11.3 Å². The topological polar surface area (TPSA) is 73.0 Å². The number of anilines is 2. The Bertz CT molecular complexity index is 1490. The number of hydrogen-bond donors (Lipinski definition) is 1. The first-order valence-electron chi connectivity index (χ1n) is 17.4. The van der Waals surface area contributed by atoms with E-state index in [1.165, 1.54) is 53.3 Å². The maximum atomic E-state index is 12.6. The van der Waals surface area contributed by atoms with Crippen molar-refractivity contribution in [3.05, 3.63) is 59.6 Å². The summed E-state index contributed by atoms with van der Waals surface area (Å²) in [5.41, 5.74) is 6.52. The molecule has 4 aliphatic heterocycles. The van der Waals surface area contributed by atoms with E-state index in [4.69, 9.17) is 14.3 Å². The lowest BCUT2D eigenvalue weighted by Gasteiger charge is -2.39. The number of carbonyl (C=O) groups is 1. The highest BCUT2D eigenvalue weighted by molar-refractivity contribution is 7.17. The van der Waals surface area contributed by atoms with Crippen LogP contribution < -0.4 is 15.1 Å². The molecule has 47 heavy (non-hydrogen) atoms. The maximum absolute atomic E-state index is 12.6. The van der Waals surface area contributed by atoms with Gasteiger partial charge in [0.15, 0.2) is 0 Å². The Balaban J connectivity index is 0.772. The second-order valence-corrected chi connectivity index (χ2v) is 13.9. The summed E-state index contributed by atoms with van der Waals surface area (Å²) in [5.74, 6) is 0.821. The number of thiophene rings is 1. The van der Waals surface area contributed by atoms with Crippen molar-refractivity contribution in [1.29, 1.82) is 0 Å². The third-order valence-electron chi connectivity index (χ3n) is 9.97. The zero-order valence-corrected chi connectivity index (χ0v) is 28.2. The molecule has 0 radical (unpaired) electrons. The number of piperidine rings is 2. The minimum absolute atomic E-state index is 0.159. The zero-order chi connectivity index (χ0) is 31.8. The number of ether oxygens (including phenoxy) is 2. The molecule has 3 aromatic rings. The van der Waals surface area contributed by atoms with Gasteiger partial charge >= 0.3 is 6.09 Å². The molecular formula is C36H48N6O4S. The van der Waals surface area contributed by atoms with Gasteiger partial charge in [-0.3, -0.25) is 10.3 Å². The third-order valence-corrected chi connectivity index (χ3v) is 10.9. The molecule has 0 unspecified atom stereocenters. The maximum Gasteiger partial charge on any atom is 0.411 e. The van der Waals surface area contributed by atoms with Gasteiger partial charge in [-0.05, 0) is 99.9 Å². The molecule has 3 saturated heterocycles. The molecule has 7 rings (SSSR count). The Labute approximate surface area is 282 Å². The van der Waals surface area contributed by atoms with Gasteiger partial charge < -0.3 is 24.2 Å². The molecule has 3 fully saturated rings. The minimum atomic E-state index is -0.312. The van der Waals surface area contributed by atoms with E-state index in [0.29, 0.717) is 12.6 Å². The fourth-order valence-corrected chi connectivity index (χ4v) is 8.07. The zero-order valence-electron chi connectivity index (χ0n) is 27.4. The molecule has 0 aliphatic carbocycles. The van der Waals surface area contributed by atoms with Crippen LogP contribution in [0.3, 0.4) is 0 Å². The van der Waals surface area contributed by atoms with Crippen LogP contribution in [0.25, 0.3) is 16.2 Å². The molecule has 0 spiro atoms. The summed E-state index contributed by atoms with van der Waals surface area (Å²) in [4.78, 5) is 27.8. The lowest BCUT2D eigenvalue weighted by molar-refractivity contribution is -0.169. The number of fused-ring (bicyclic) bond motifs is 2. The lowest BCUT2D eigenvalue weighted by atomic mass is 10.0. The normalized spacial score (nSPS) is 19.5. The number of unbranched alkanes of at least 4 members (excludes halogenated alkanes) is 1. The van der Waals surface area contributed by atoms with Crippen molar-refractivity contribution in [2.45, 2.75) is 51.0 Å². The SMILES string of the molecule is O=C(OCON1C=Cc2ccc(OCCCCN3CCN(c4cccc5sccc45)CC3)cc2N1)N1CCC(N2CCCCC2)CC1. The Morgan fingerprint density at radius 1 is 0.915 bits per heavy atom. The summed E-state index contributed by atoms with van der Waals surface area (Å²) in [7, 11) is 0. The van der Waals surface area contributed by atoms with E-state index in [0.717, 1.165) is 88.5 Å². The fraction of sp³-hybridized carbons (Fsp3) is 0.528. The van der Waals surface area contributed by atoms with E-state index in [1.807, 2.05) is 35.6 Å². The summed E-state index contributed by atoms with van der Waals surface area (Å²) in [5, 5.41) is 5.05. The van der Waals surface area contributed by atoms with Crippen molar-refractivity contribution in [1.82, 2.24) is 19.9 Å². The van der Waals surface area contributed by atoms with Crippen LogP contribution in [0.2, 0.25) is 0 Å². The molecule has 10 nitrogen and oxygen atoms in total. The number of hydrazine groups is 1. The first kappa shape index (κ1) is 32.1. The largest absolute Gasteiger partial charge is 0.494 e. The van der Waals surface area contributed by atoms with Crippen LogP contribution in [-0.2, 0) is 9.57 Å². The average Bonchev–Trinajstić information content (AvgIpc) is 3.62. The van der Waals surface area contributed by atoms with E-state index < -0.39 is 0 Å². The van der Waals surface area contributed by atoms with E-state index in [-0.39, 0.29) is 12.9 Å². The van der Waals surface area contributed by atoms with Crippen molar-refractivity contribution < 1.29 is 19.1 Å². The second kappa shape index (κ2) is 15.6. The second-order valence-electron chi connectivity index (χ2n) is 13.0. The lowest BCUT2D eigenvalue weighted by Crippen LogP contribution is -2.48. The summed E-state index contributed by atoms with van der Waals surface area (Å²) in [6.45, 7) is 9.84. The van der Waals surface area contributed by atoms with Crippen LogP contribution in [0.4, 0.5) is 16.2 Å². The predicted molar refractivity (Wildman–Crippen MR) is 189 cm³/mol. The molecule has 2 aromatic carbocycles. The molecule has 252 valence electrons. The van der Waals surface area contributed by atoms with Gasteiger partial charge in [-0.25, -0.2) is 9.63 Å². The Morgan fingerprint density at radius 2 is 1.77 bits per heavy atom. The number of hydroxylamine groups is 1. The fourth-order valence-electron chi connectivity index (χ4n) is 7.26. The number of carbonyl (C=O) groups excluding carboxylic acids is 1. The molecule has 5 heterocycles. The van der Waals surface area contributed by atoms with Gasteiger partial charge in [0.05, 0.1) is 18.5 Å². The molecule has 1 amide bonds. The number of hydrogen-bond acceptors (Lipinski definition) is 10. The van der Waals surface area contributed by atoms with Crippen LogP contribution in [0.5, 0.6) is 5.75 Å². The molecule has 0 atom stereocenters. The standard InChI is InChI=1S/C36H48N6O4S/c43-36(41-18-12-30(13-19-41)39-16-2-1-3-17-39)45-28-46-42-20-11-29-9-10-31(27-33(29)37-42)44-25-5-4-15-38-21-23-40(24-22-38)34-7-6-8-35-32(34)14-26-47-35/h6-11,14,20,26-27,30,37H,1-5,12-13,15-19,21-25,28H2. The van der Waals surface area contributed by atoms with Crippen LogP contribution in [0, 0.1) is 0 Å². The molecule has 11 heteroatoms. The molecule has 4 aliphatic rings. The number of nitrogens with zero attached hydrogens (tertiary/aromatic N) is 5. The molecular weight excluding hydrogens is 613 g/mol. The highest BCUT2D eigenvalue weighted by Gasteiger charge is 2.28. The number of amides is 1. The molecule has 0 saturated carbocycles. The van der Waals surface area contributed by atoms with Gasteiger partial charge in [0.1, 0.15) is 5.75 Å². The summed E-state index contributed by atoms with van der Waals surface area (Å²) in [6.07, 6.45) is 11.5. The van der Waals surface area contributed by atoms with Crippen LogP contribution in [0.1, 0.15) is 50.5 Å². The Kier molecular flexibility index (Phi) is 10.6. The predicted octanol–water partition coefficient (Wildman–Crippen LogP) is 6.47. The van der Waals surface area contributed by atoms with E-state index in [2.05, 4.69) is 49.8 Å². The van der Waals surface area contributed by atoms with Crippen molar-refractivity contribution in [2.75, 3.05) is 82.6 Å². The quantitative estimate of drug-likeness (QED) is 0.184. The van der Waals surface area contributed by atoms with E-state index in [1.54, 1.807) is 11.1 Å². The Hall–Kier alpha value is -3.51. The van der Waals surface area contributed by atoms with Gasteiger partial charge in [0.2, 0.25) is 6.79 Å². The van der Waals surface area contributed by atoms with Gasteiger partial charge in [0, 0.05) is 72.7 Å². The molecule has 0 bridgehead atoms. The smallest absolute Gasteiger partial charge is 0.411 e. The molecule has 1 N–H and O–H groups in total. The van der Waals surface area contributed by atoms with Crippen LogP contribution in [-0.4, -0.2) is 104 Å². The van der Waals surface area contributed by atoms with Crippen molar-refractivity contribution >= 4 is 45.0 Å². The minimum Gasteiger partial charge on any atom is -0.494 e. The van der Waals surface area contributed by atoms with Gasteiger partial charge in [-0.1, -0.05) is 12.5 Å². The number of piperazine rings is 1.